The predicted molar refractivity (Wildman–Crippen MR) is 67.5 cm³/mol. The fraction of sp³-hybridized carbons (Fsp3) is 0.308. The summed E-state index contributed by atoms with van der Waals surface area (Å²) >= 11 is 0. The number of methoxy groups -OCH3 is 2. The minimum absolute atomic E-state index is 0.0320. The molecule has 18 heavy (non-hydrogen) atoms. The molecule has 1 aromatic rings. The molecule has 0 fully saturated rings. The van der Waals surface area contributed by atoms with E-state index >= 15 is 0 Å². The second kappa shape index (κ2) is 7.33. The van der Waals surface area contributed by atoms with Crippen LogP contribution in [-0.2, 0) is 9.53 Å². The Morgan fingerprint density at radius 3 is 2.83 bits per heavy atom. The summed E-state index contributed by atoms with van der Waals surface area (Å²) < 4.78 is 9.86. The van der Waals surface area contributed by atoms with Crippen LogP contribution in [0.4, 0.5) is 5.69 Å². The van der Waals surface area contributed by atoms with E-state index in [4.69, 9.17) is 14.6 Å². The van der Waals surface area contributed by atoms with Crippen LogP contribution in [0.3, 0.4) is 0 Å². The molecular weight excluding hydrogens is 234 g/mol. The second-order valence-electron chi connectivity index (χ2n) is 3.36. The Bertz CT molecular complexity index is 474. The third kappa shape index (κ3) is 4.09. The van der Waals surface area contributed by atoms with E-state index in [9.17, 15) is 4.79 Å². The van der Waals surface area contributed by atoms with Crippen molar-refractivity contribution in [2.75, 3.05) is 32.8 Å². The Balaban J connectivity index is 2.95. The molecule has 1 rings (SSSR count). The third-order valence-corrected chi connectivity index (χ3v) is 2.06. The molecule has 0 radical (unpaired) electrons. The van der Waals surface area contributed by atoms with Gasteiger partial charge in [-0.15, -0.1) is 0 Å². The lowest BCUT2D eigenvalue weighted by atomic mass is 10.2. The summed E-state index contributed by atoms with van der Waals surface area (Å²) in [6, 6.07) is 5.12. The van der Waals surface area contributed by atoms with E-state index in [1.165, 1.54) is 14.2 Å². The first kappa shape index (κ1) is 14.0. The number of rotatable bonds is 4. The minimum atomic E-state index is -0.275. The summed E-state index contributed by atoms with van der Waals surface area (Å²) in [5.41, 5.74) is 1.20. The van der Waals surface area contributed by atoms with Crippen molar-refractivity contribution in [1.29, 1.82) is 0 Å². The van der Waals surface area contributed by atoms with Gasteiger partial charge in [-0.05, 0) is 18.2 Å². The zero-order valence-corrected chi connectivity index (χ0v) is 10.3. The number of carbonyl (C=O) groups excluding carboxylic acids is 1. The maximum absolute atomic E-state index is 11.4. The molecule has 0 aliphatic rings. The number of amides is 1. The third-order valence-electron chi connectivity index (χ3n) is 2.06. The summed E-state index contributed by atoms with van der Waals surface area (Å²) in [4.78, 5) is 11.4. The molecule has 0 unspecified atom stereocenters. The lowest BCUT2D eigenvalue weighted by Gasteiger charge is -2.10. The van der Waals surface area contributed by atoms with Gasteiger partial charge in [0, 0.05) is 12.7 Å². The van der Waals surface area contributed by atoms with Gasteiger partial charge in [-0.1, -0.05) is 11.8 Å². The van der Waals surface area contributed by atoms with Crippen LogP contribution in [0.2, 0.25) is 0 Å². The minimum Gasteiger partial charge on any atom is -0.495 e. The first-order valence-corrected chi connectivity index (χ1v) is 5.27. The van der Waals surface area contributed by atoms with Crippen molar-refractivity contribution in [2.24, 2.45) is 0 Å². The van der Waals surface area contributed by atoms with Gasteiger partial charge in [0.2, 0.25) is 5.91 Å². The highest BCUT2D eigenvalue weighted by Crippen LogP contribution is 2.25. The van der Waals surface area contributed by atoms with Gasteiger partial charge in [-0.25, -0.2) is 0 Å². The fourth-order valence-corrected chi connectivity index (χ4v) is 1.34. The van der Waals surface area contributed by atoms with Crippen LogP contribution < -0.4 is 10.1 Å². The largest absolute Gasteiger partial charge is 0.495 e. The van der Waals surface area contributed by atoms with Crippen LogP contribution in [0.1, 0.15) is 5.56 Å². The highest BCUT2D eigenvalue weighted by molar-refractivity contribution is 5.93. The molecule has 0 atom stereocenters. The number of aliphatic hydroxyl groups is 1. The molecular formula is C13H15NO4. The smallest absolute Gasteiger partial charge is 0.250 e. The van der Waals surface area contributed by atoms with Crippen LogP contribution in [-0.4, -0.2) is 38.4 Å². The van der Waals surface area contributed by atoms with Gasteiger partial charge >= 0.3 is 0 Å². The van der Waals surface area contributed by atoms with Gasteiger partial charge < -0.3 is 19.9 Å². The molecule has 2 N–H and O–H groups in total. The number of hydrogen-bond acceptors (Lipinski definition) is 4. The second-order valence-corrected chi connectivity index (χ2v) is 3.36. The van der Waals surface area contributed by atoms with Gasteiger partial charge in [-0.3, -0.25) is 4.79 Å². The maximum atomic E-state index is 11.4. The van der Waals surface area contributed by atoms with Crippen LogP contribution in [0, 0.1) is 11.8 Å². The molecule has 1 amide bonds. The molecule has 96 valence electrons. The molecule has 5 heteroatoms. The van der Waals surface area contributed by atoms with Gasteiger partial charge in [0.25, 0.3) is 0 Å². The van der Waals surface area contributed by atoms with E-state index in [0.717, 1.165) is 0 Å². The van der Waals surface area contributed by atoms with Gasteiger partial charge in [-0.2, -0.15) is 0 Å². The molecule has 0 heterocycles. The first-order valence-electron chi connectivity index (χ1n) is 5.27. The molecule has 0 saturated heterocycles. The molecule has 0 aromatic heterocycles. The predicted octanol–water partition coefficient (Wildman–Crippen LogP) is 0.624. The van der Waals surface area contributed by atoms with Crippen LogP contribution in [0.15, 0.2) is 18.2 Å². The maximum Gasteiger partial charge on any atom is 0.250 e. The first-order chi connectivity index (χ1) is 8.71. The van der Waals surface area contributed by atoms with Crippen LogP contribution in [0.25, 0.3) is 0 Å². The zero-order valence-electron chi connectivity index (χ0n) is 10.3. The Morgan fingerprint density at radius 2 is 2.22 bits per heavy atom. The number of carbonyl (C=O) groups is 1. The molecule has 0 aliphatic heterocycles. The van der Waals surface area contributed by atoms with Crippen molar-refractivity contribution in [3.8, 4) is 17.6 Å². The molecule has 1 aromatic carbocycles. The van der Waals surface area contributed by atoms with Gasteiger partial charge in [0.15, 0.2) is 0 Å². The summed E-state index contributed by atoms with van der Waals surface area (Å²) in [5.74, 6) is 5.55. The van der Waals surface area contributed by atoms with Gasteiger partial charge in [0.05, 0.1) is 12.8 Å². The molecule has 0 saturated carbocycles. The van der Waals surface area contributed by atoms with Crippen molar-refractivity contribution < 1.29 is 19.4 Å². The summed E-state index contributed by atoms with van der Waals surface area (Å²) in [6.07, 6.45) is 0. The zero-order chi connectivity index (χ0) is 13.4. The van der Waals surface area contributed by atoms with E-state index in [-0.39, 0.29) is 19.1 Å². The topological polar surface area (TPSA) is 67.8 Å². The van der Waals surface area contributed by atoms with E-state index < -0.39 is 0 Å². The summed E-state index contributed by atoms with van der Waals surface area (Å²) in [7, 11) is 2.96. The Kier molecular flexibility index (Phi) is 5.71. The summed E-state index contributed by atoms with van der Waals surface area (Å²) in [5, 5.41) is 11.3. The van der Waals surface area contributed by atoms with Crippen molar-refractivity contribution in [2.45, 2.75) is 0 Å². The number of anilines is 1. The average Bonchev–Trinajstić information content (AvgIpc) is 2.37. The quantitative estimate of drug-likeness (QED) is 0.768. The summed E-state index contributed by atoms with van der Waals surface area (Å²) in [6.45, 7) is -0.243. The number of ether oxygens (including phenoxy) is 2. The molecule has 0 spiro atoms. The average molecular weight is 249 g/mol. The highest BCUT2D eigenvalue weighted by Gasteiger charge is 2.07. The van der Waals surface area contributed by atoms with Crippen molar-refractivity contribution >= 4 is 11.6 Å². The lowest BCUT2D eigenvalue weighted by molar-refractivity contribution is -0.119. The number of aliphatic hydroxyl groups excluding tert-OH is 1. The Labute approximate surface area is 106 Å². The molecule has 5 nitrogen and oxygen atoms in total. The highest BCUT2D eigenvalue weighted by atomic mass is 16.5. The van der Waals surface area contributed by atoms with Crippen molar-refractivity contribution in [1.82, 2.24) is 0 Å². The lowest BCUT2D eigenvalue weighted by Crippen LogP contribution is -2.17. The number of nitrogens with one attached hydrogen (secondary N) is 1. The normalized spacial score (nSPS) is 9.28. The standard InChI is InChI=1S/C13H15NO4/c1-17-9-13(16)14-11-8-10(4-3-7-15)5-6-12(11)18-2/h5-6,8,15H,7,9H2,1-2H3,(H,14,16). The monoisotopic (exact) mass is 249 g/mol. The molecule has 0 bridgehead atoms. The van der Waals surface area contributed by atoms with Crippen LogP contribution in [0.5, 0.6) is 5.75 Å². The van der Waals surface area contributed by atoms with Crippen molar-refractivity contribution in [3.63, 3.8) is 0 Å². The van der Waals surface area contributed by atoms with Gasteiger partial charge in [0.1, 0.15) is 19.0 Å². The Hall–Kier alpha value is -2.03. The Morgan fingerprint density at radius 1 is 1.44 bits per heavy atom. The number of benzene rings is 1. The van der Waals surface area contributed by atoms with Crippen LogP contribution >= 0.6 is 0 Å². The van der Waals surface area contributed by atoms with E-state index in [1.54, 1.807) is 18.2 Å². The fourth-order valence-electron chi connectivity index (χ4n) is 1.34. The number of hydrogen-bond donors (Lipinski definition) is 2. The van der Waals surface area contributed by atoms with E-state index in [0.29, 0.717) is 17.0 Å². The van der Waals surface area contributed by atoms with Crippen molar-refractivity contribution in [3.05, 3.63) is 23.8 Å². The van der Waals surface area contributed by atoms with E-state index in [2.05, 4.69) is 17.2 Å². The SMILES string of the molecule is COCC(=O)Nc1cc(C#CCO)ccc1OC. The van der Waals surface area contributed by atoms with E-state index in [1.807, 2.05) is 0 Å². The molecule has 0 aliphatic carbocycles.